The second-order valence-electron chi connectivity index (χ2n) is 8.35. The van der Waals surface area contributed by atoms with E-state index in [9.17, 15) is 9.18 Å². The third-order valence-corrected chi connectivity index (χ3v) is 6.24. The highest BCUT2D eigenvalue weighted by Gasteiger charge is 2.28. The maximum absolute atomic E-state index is 13.8. The Kier molecular flexibility index (Phi) is 6.11. The first-order valence-corrected chi connectivity index (χ1v) is 10.7. The number of nitrogens with zero attached hydrogens (tertiary/aromatic N) is 3. The van der Waals surface area contributed by atoms with Crippen molar-refractivity contribution in [3.63, 3.8) is 0 Å². The van der Waals surface area contributed by atoms with Gasteiger partial charge in [-0.25, -0.2) is 14.4 Å². The molecule has 4 rings (SSSR count). The molecule has 6 nitrogen and oxygen atoms in total. The van der Waals surface area contributed by atoms with Gasteiger partial charge in [-0.15, -0.1) is 0 Å². The summed E-state index contributed by atoms with van der Waals surface area (Å²) in [5.74, 6) is 1.31. The van der Waals surface area contributed by atoms with E-state index in [1.165, 1.54) is 12.1 Å². The lowest BCUT2D eigenvalue weighted by Crippen LogP contribution is -2.31. The monoisotopic (exact) mass is 422 g/mol. The van der Waals surface area contributed by atoms with E-state index < -0.39 is 5.82 Å². The summed E-state index contributed by atoms with van der Waals surface area (Å²) in [6.45, 7) is 6.38. The van der Waals surface area contributed by atoms with Gasteiger partial charge in [0.1, 0.15) is 11.6 Å². The highest BCUT2D eigenvalue weighted by Crippen LogP contribution is 2.39. The van der Waals surface area contributed by atoms with E-state index in [1.807, 2.05) is 27.0 Å². The third kappa shape index (κ3) is 4.50. The summed E-state index contributed by atoms with van der Waals surface area (Å²) >= 11 is 0. The summed E-state index contributed by atoms with van der Waals surface area (Å²) in [6, 6.07) is 6.06. The molecule has 1 N–H and O–H groups in total. The van der Waals surface area contributed by atoms with Crippen LogP contribution < -0.4 is 5.32 Å². The van der Waals surface area contributed by atoms with Crippen molar-refractivity contribution in [3.8, 4) is 11.3 Å². The molecule has 0 spiro atoms. The number of carbonyl (C=O) groups is 1. The van der Waals surface area contributed by atoms with Gasteiger partial charge in [0.05, 0.1) is 22.5 Å². The van der Waals surface area contributed by atoms with Crippen molar-refractivity contribution in [1.29, 1.82) is 0 Å². The van der Waals surface area contributed by atoms with E-state index in [-0.39, 0.29) is 11.5 Å². The SMILES string of the molecule is Cc1ncc(-c2onc(C)c2C)c(C2CCC(CNC(=O)c3ccccc3F)CC2)n1. The van der Waals surface area contributed by atoms with Crippen LogP contribution in [0.5, 0.6) is 0 Å². The highest BCUT2D eigenvalue weighted by atomic mass is 19.1. The Bertz CT molecular complexity index is 1090. The van der Waals surface area contributed by atoms with Gasteiger partial charge < -0.3 is 9.84 Å². The molecule has 0 saturated heterocycles. The molecule has 2 aromatic heterocycles. The first-order chi connectivity index (χ1) is 14.9. The molecule has 31 heavy (non-hydrogen) atoms. The standard InChI is InChI=1S/C24H27FN4O2/c1-14-15(2)29-31-23(14)20-13-26-16(3)28-22(20)18-10-8-17(9-11-18)12-27-24(30)19-6-4-5-7-21(19)25/h4-7,13,17-18H,8-12H2,1-3H3,(H,27,30). The maximum atomic E-state index is 13.8. The van der Waals surface area contributed by atoms with Gasteiger partial charge >= 0.3 is 0 Å². The molecule has 1 aliphatic rings. The Morgan fingerprint density at radius 3 is 2.58 bits per heavy atom. The predicted octanol–water partition coefficient (Wildman–Crippen LogP) is 4.90. The Hall–Kier alpha value is -3.09. The van der Waals surface area contributed by atoms with Crippen molar-refractivity contribution >= 4 is 5.91 Å². The van der Waals surface area contributed by atoms with Crippen LogP contribution in [-0.4, -0.2) is 27.6 Å². The highest BCUT2D eigenvalue weighted by molar-refractivity contribution is 5.94. The number of nitrogens with one attached hydrogen (secondary N) is 1. The molecule has 2 heterocycles. The zero-order valence-electron chi connectivity index (χ0n) is 18.1. The fraction of sp³-hybridized carbons (Fsp3) is 0.417. The van der Waals surface area contributed by atoms with Crippen molar-refractivity contribution in [1.82, 2.24) is 20.4 Å². The number of amides is 1. The van der Waals surface area contributed by atoms with Crippen LogP contribution >= 0.6 is 0 Å². The third-order valence-electron chi connectivity index (χ3n) is 6.24. The number of aryl methyl sites for hydroxylation is 2. The summed E-state index contributed by atoms with van der Waals surface area (Å²) in [5.41, 5.74) is 3.91. The van der Waals surface area contributed by atoms with Crippen LogP contribution in [0.15, 0.2) is 35.0 Å². The molecular formula is C24H27FN4O2. The van der Waals surface area contributed by atoms with E-state index in [4.69, 9.17) is 9.51 Å². The molecule has 0 aliphatic heterocycles. The summed E-state index contributed by atoms with van der Waals surface area (Å²) in [6.07, 6.45) is 5.72. The Labute approximate surface area is 181 Å². The minimum Gasteiger partial charge on any atom is -0.356 e. The van der Waals surface area contributed by atoms with Crippen LogP contribution in [-0.2, 0) is 0 Å². The molecule has 1 amide bonds. The molecule has 0 radical (unpaired) electrons. The minimum absolute atomic E-state index is 0.0926. The first-order valence-electron chi connectivity index (χ1n) is 10.7. The number of benzene rings is 1. The van der Waals surface area contributed by atoms with Crippen LogP contribution in [0.2, 0.25) is 0 Å². The van der Waals surface area contributed by atoms with Crippen LogP contribution in [0.1, 0.15) is 64.7 Å². The molecule has 7 heteroatoms. The number of hydrogen-bond donors (Lipinski definition) is 1. The van der Waals surface area contributed by atoms with Gasteiger partial charge in [-0.3, -0.25) is 4.79 Å². The maximum Gasteiger partial charge on any atom is 0.254 e. The Morgan fingerprint density at radius 2 is 1.90 bits per heavy atom. The van der Waals surface area contributed by atoms with Crippen LogP contribution in [0.25, 0.3) is 11.3 Å². The van der Waals surface area contributed by atoms with Gasteiger partial charge in [0.15, 0.2) is 5.76 Å². The fourth-order valence-corrected chi connectivity index (χ4v) is 4.26. The molecule has 162 valence electrons. The molecule has 1 aromatic carbocycles. The molecular weight excluding hydrogens is 395 g/mol. The topological polar surface area (TPSA) is 80.9 Å². The van der Waals surface area contributed by atoms with Gasteiger partial charge in [0, 0.05) is 24.2 Å². The lowest BCUT2D eigenvalue weighted by molar-refractivity contribution is 0.0938. The van der Waals surface area contributed by atoms with Crippen LogP contribution in [0, 0.1) is 32.5 Å². The molecule has 1 fully saturated rings. The number of aromatic nitrogens is 3. The normalized spacial score (nSPS) is 18.7. The Morgan fingerprint density at radius 1 is 1.16 bits per heavy atom. The summed E-state index contributed by atoms with van der Waals surface area (Å²) in [4.78, 5) is 21.4. The lowest BCUT2D eigenvalue weighted by Gasteiger charge is -2.29. The van der Waals surface area contributed by atoms with Crippen molar-refractivity contribution in [2.24, 2.45) is 5.92 Å². The summed E-state index contributed by atoms with van der Waals surface area (Å²) in [7, 11) is 0. The Balaban J connectivity index is 1.41. The van der Waals surface area contributed by atoms with Crippen LogP contribution in [0.4, 0.5) is 4.39 Å². The number of halogens is 1. The predicted molar refractivity (Wildman–Crippen MR) is 115 cm³/mol. The summed E-state index contributed by atoms with van der Waals surface area (Å²) in [5, 5.41) is 6.98. The average molecular weight is 423 g/mol. The van der Waals surface area contributed by atoms with Crippen molar-refractivity contribution in [3.05, 3.63) is 64.6 Å². The molecule has 3 aromatic rings. The van der Waals surface area contributed by atoms with E-state index >= 15 is 0 Å². The van der Waals surface area contributed by atoms with E-state index in [0.717, 1.165) is 59.8 Å². The molecule has 0 atom stereocenters. The van der Waals surface area contributed by atoms with Crippen molar-refractivity contribution in [2.75, 3.05) is 6.54 Å². The van der Waals surface area contributed by atoms with Gasteiger partial charge in [-0.2, -0.15) is 0 Å². The number of carbonyl (C=O) groups excluding carboxylic acids is 1. The number of rotatable bonds is 5. The van der Waals surface area contributed by atoms with Crippen molar-refractivity contribution < 1.29 is 13.7 Å². The summed E-state index contributed by atoms with van der Waals surface area (Å²) < 4.78 is 19.4. The second kappa shape index (κ2) is 8.96. The molecule has 1 aliphatic carbocycles. The van der Waals surface area contributed by atoms with E-state index in [1.54, 1.807) is 12.1 Å². The lowest BCUT2D eigenvalue weighted by atomic mass is 9.79. The van der Waals surface area contributed by atoms with E-state index in [0.29, 0.717) is 18.4 Å². The van der Waals surface area contributed by atoms with Crippen LogP contribution in [0.3, 0.4) is 0 Å². The zero-order valence-corrected chi connectivity index (χ0v) is 18.1. The second-order valence-corrected chi connectivity index (χ2v) is 8.35. The quantitative estimate of drug-likeness (QED) is 0.632. The minimum atomic E-state index is -0.492. The first kappa shape index (κ1) is 21.2. The van der Waals surface area contributed by atoms with Gasteiger partial charge in [0.25, 0.3) is 5.91 Å². The average Bonchev–Trinajstić information content (AvgIpc) is 3.11. The van der Waals surface area contributed by atoms with Gasteiger partial charge in [-0.1, -0.05) is 17.3 Å². The fourth-order valence-electron chi connectivity index (χ4n) is 4.26. The van der Waals surface area contributed by atoms with Crippen molar-refractivity contribution in [2.45, 2.75) is 52.4 Å². The smallest absolute Gasteiger partial charge is 0.254 e. The number of hydrogen-bond acceptors (Lipinski definition) is 5. The largest absolute Gasteiger partial charge is 0.356 e. The van der Waals surface area contributed by atoms with Gasteiger partial charge in [0.2, 0.25) is 0 Å². The molecule has 0 unspecified atom stereocenters. The van der Waals surface area contributed by atoms with Gasteiger partial charge in [-0.05, 0) is 64.5 Å². The van der Waals surface area contributed by atoms with E-state index in [2.05, 4.69) is 15.5 Å². The zero-order chi connectivity index (χ0) is 22.0. The molecule has 0 bridgehead atoms. The molecule has 1 saturated carbocycles.